The van der Waals surface area contributed by atoms with Crippen molar-refractivity contribution in [2.75, 3.05) is 44.2 Å². The van der Waals surface area contributed by atoms with E-state index < -0.39 is 0 Å². The first-order valence-corrected chi connectivity index (χ1v) is 14.4. The Labute approximate surface area is 240 Å². The summed E-state index contributed by atoms with van der Waals surface area (Å²) in [5, 5.41) is 17.4. The number of nitrogens with one attached hydrogen (secondary N) is 1. The van der Waals surface area contributed by atoms with Gasteiger partial charge in [-0.05, 0) is 76.0 Å². The second-order valence-electron chi connectivity index (χ2n) is 11.2. The third kappa shape index (κ3) is 5.88. The van der Waals surface area contributed by atoms with Crippen LogP contribution < -0.4 is 15.0 Å². The van der Waals surface area contributed by atoms with Crippen molar-refractivity contribution in [3.05, 3.63) is 78.2 Å². The molecule has 6 rings (SSSR count). The molecule has 41 heavy (non-hydrogen) atoms. The van der Waals surface area contributed by atoms with Gasteiger partial charge in [-0.3, -0.25) is 9.69 Å². The number of anilines is 1. The topological polar surface area (TPSA) is 98.8 Å². The predicted octanol–water partition coefficient (Wildman–Crippen LogP) is 4.53. The Morgan fingerprint density at radius 3 is 2.56 bits per heavy atom. The second-order valence-corrected chi connectivity index (χ2v) is 11.2. The van der Waals surface area contributed by atoms with Crippen LogP contribution in [0.1, 0.15) is 48.5 Å². The fraction of sp³-hybridized carbons (Fsp3) is 0.375. The zero-order valence-electron chi connectivity index (χ0n) is 23.4. The summed E-state index contributed by atoms with van der Waals surface area (Å²) in [7, 11) is 0. The third-order valence-electron chi connectivity index (χ3n) is 8.28. The summed E-state index contributed by atoms with van der Waals surface area (Å²) in [5.74, 6) is 1.58. The number of nitrogens with zero attached hydrogens (tertiary/aromatic N) is 6. The highest BCUT2D eigenvalue weighted by molar-refractivity contribution is 5.94. The van der Waals surface area contributed by atoms with Crippen molar-refractivity contribution >= 4 is 17.2 Å². The van der Waals surface area contributed by atoms with Crippen molar-refractivity contribution in [3.8, 4) is 22.9 Å². The summed E-state index contributed by atoms with van der Waals surface area (Å²) in [6.07, 6.45) is 9.46. The number of piperidine rings is 1. The van der Waals surface area contributed by atoms with Crippen LogP contribution in [0.25, 0.3) is 16.6 Å². The van der Waals surface area contributed by atoms with E-state index >= 15 is 0 Å². The molecular formula is C32H35N7O2. The van der Waals surface area contributed by atoms with Gasteiger partial charge in [-0.1, -0.05) is 18.2 Å². The lowest BCUT2D eigenvalue weighted by Crippen LogP contribution is -2.53. The van der Waals surface area contributed by atoms with Crippen molar-refractivity contribution in [3.63, 3.8) is 0 Å². The number of aromatic nitrogens is 3. The highest BCUT2D eigenvalue weighted by Crippen LogP contribution is 2.32. The number of nitriles is 1. The molecule has 0 spiro atoms. The Morgan fingerprint density at radius 1 is 1.07 bits per heavy atom. The summed E-state index contributed by atoms with van der Waals surface area (Å²) in [6, 6.07) is 17.7. The Balaban J connectivity index is 1.15. The Hall–Kier alpha value is -4.42. The molecule has 0 radical (unpaired) electrons. The molecule has 4 aromatic rings. The van der Waals surface area contributed by atoms with Crippen LogP contribution in [0.4, 0.5) is 5.82 Å². The molecule has 0 aliphatic carbocycles. The molecule has 2 aliphatic rings. The number of carbonyl (C=O) groups excluding carboxylic acids is 1. The van der Waals surface area contributed by atoms with E-state index in [1.54, 1.807) is 10.7 Å². The average Bonchev–Trinajstić information content (AvgIpc) is 3.68. The lowest BCUT2D eigenvalue weighted by atomic mass is 9.89. The molecule has 0 unspecified atom stereocenters. The van der Waals surface area contributed by atoms with Crippen molar-refractivity contribution < 1.29 is 9.53 Å². The number of hydrogen-bond acceptors (Lipinski definition) is 7. The van der Waals surface area contributed by atoms with Crippen LogP contribution in [0.15, 0.2) is 67.1 Å². The van der Waals surface area contributed by atoms with Gasteiger partial charge in [0.05, 0.1) is 23.5 Å². The molecule has 9 nitrogen and oxygen atoms in total. The molecule has 9 heteroatoms. The number of benzene rings is 1. The van der Waals surface area contributed by atoms with Gasteiger partial charge in [0.2, 0.25) is 0 Å². The molecule has 2 saturated heterocycles. The minimum Gasteiger partial charge on any atom is -0.491 e. The minimum atomic E-state index is -0.264. The number of hydrogen-bond donors (Lipinski definition) is 1. The van der Waals surface area contributed by atoms with E-state index in [1.807, 2.05) is 60.9 Å². The van der Waals surface area contributed by atoms with Gasteiger partial charge in [0.25, 0.3) is 5.91 Å². The number of pyridine rings is 2. The third-order valence-corrected chi connectivity index (χ3v) is 8.28. The first kappa shape index (κ1) is 26.8. The van der Waals surface area contributed by atoms with E-state index in [2.05, 4.69) is 33.2 Å². The van der Waals surface area contributed by atoms with Gasteiger partial charge in [-0.25, -0.2) is 9.50 Å². The van der Waals surface area contributed by atoms with E-state index in [9.17, 15) is 10.1 Å². The van der Waals surface area contributed by atoms with Crippen molar-refractivity contribution in [1.82, 2.24) is 24.8 Å². The number of likely N-dealkylation sites (tertiary alicyclic amines) is 1. The summed E-state index contributed by atoms with van der Waals surface area (Å²) in [5.41, 5.74) is 3.45. The van der Waals surface area contributed by atoms with Crippen LogP contribution >= 0.6 is 0 Å². The molecule has 3 aromatic heterocycles. The van der Waals surface area contributed by atoms with Crippen LogP contribution in [0.2, 0.25) is 0 Å². The Morgan fingerprint density at radius 2 is 1.85 bits per heavy atom. The highest BCUT2D eigenvalue weighted by atomic mass is 16.5. The van der Waals surface area contributed by atoms with Crippen LogP contribution in [0.5, 0.6) is 5.75 Å². The molecule has 210 valence electrons. The van der Waals surface area contributed by atoms with E-state index in [4.69, 9.17) is 9.72 Å². The number of rotatable bonds is 8. The van der Waals surface area contributed by atoms with Gasteiger partial charge in [-0.15, -0.1) is 0 Å². The minimum absolute atomic E-state index is 0.0331. The SMILES string of the molecule is CC1(NC(=O)c2ccccc2)CCN(c2ccc(-c3cc(OCCN4CCCC4)cn4ncc(C#N)c34)cn2)CC1. The number of fused-ring (bicyclic) bond motifs is 1. The highest BCUT2D eigenvalue weighted by Gasteiger charge is 2.32. The Bertz CT molecular complexity index is 1540. The molecule has 1 amide bonds. The normalized spacial score (nSPS) is 16.9. The monoisotopic (exact) mass is 549 g/mol. The van der Waals surface area contributed by atoms with Crippen LogP contribution in [-0.4, -0.2) is 70.3 Å². The first-order valence-electron chi connectivity index (χ1n) is 14.4. The molecule has 5 heterocycles. The average molecular weight is 550 g/mol. The largest absolute Gasteiger partial charge is 0.491 e. The smallest absolute Gasteiger partial charge is 0.251 e. The van der Waals surface area contributed by atoms with Gasteiger partial charge in [-0.2, -0.15) is 10.4 Å². The molecule has 1 N–H and O–H groups in total. The summed E-state index contributed by atoms with van der Waals surface area (Å²) in [4.78, 5) is 22.2. The van der Waals surface area contributed by atoms with Gasteiger partial charge in [0, 0.05) is 48.1 Å². The van der Waals surface area contributed by atoms with Crippen molar-refractivity contribution in [2.24, 2.45) is 0 Å². The lowest BCUT2D eigenvalue weighted by molar-refractivity contribution is 0.0891. The van der Waals surface area contributed by atoms with E-state index in [1.165, 1.54) is 12.8 Å². The van der Waals surface area contributed by atoms with Crippen LogP contribution in [0, 0.1) is 11.3 Å². The van der Waals surface area contributed by atoms with Crippen LogP contribution in [-0.2, 0) is 0 Å². The molecule has 0 atom stereocenters. The van der Waals surface area contributed by atoms with E-state index in [0.717, 1.165) is 73.8 Å². The van der Waals surface area contributed by atoms with Gasteiger partial charge < -0.3 is 15.0 Å². The molecule has 0 saturated carbocycles. The standard InChI is InChI=1S/C32H35N7O2/c1-32(36-31(40)24-7-3-2-4-8-24)11-15-38(16-12-32)29-10-9-25(21-34-29)28-19-27(41-18-17-37-13-5-6-14-37)23-39-30(28)26(20-33)22-35-39/h2-4,7-10,19,21-23H,5-6,11-18H2,1H3,(H,36,40). The van der Waals surface area contributed by atoms with Crippen molar-refractivity contribution in [1.29, 1.82) is 5.26 Å². The van der Waals surface area contributed by atoms with Gasteiger partial charge in [0.1, 0.15) is 24.2 Å². The number of ether oxygens (including phenoxy) is 1. The van der Waals surface area contributed by atoms with Gasteiger partial charge >= 0.3 is 0 Å². The molecule has 1 aromatic carbocycles. The van der Waals surface area contributed by atoms with Gasteiger partial charge in [0.15, 0.2) is 0 Å². The first-order chi connectivity index (χ1) is 20.0. The zero-order valence-corrected chi connectivity index (χ0v) is 23.4. The zero-order chi connectivity index (χ0) is 28.2. The number of carbonyl (C=O) groups is 1. The van der Waals surface area contributed by atoms with Crippen molar-refractivity contribution in [2.45, 2.75) is 38.1 Å². The lowest BCUT2D eigenvalue weighted by Gasteiger charge is -2.40. The summed E-state index contributed by atoms with van der Waals surface area (Å²) < 4.78 is 7.86. The van der Waals surface area contributed by atoms with Crippen LogP contribution in [0.3, 0.4) is 0 Å². The summed E-state index contributed by atoms with van der Waals surface area (Å²) >= 11 is 0. The maximum atomic E-state index is 12.7. The molecule has 2 aliphatic heterocycles. The summed E-state index contributed by atoms with van der Waals surface area (Å²) in [6.45, 7) is 7.48. The maximum absolute atomic E-state index is 12.7. The molecule has 2 fully saturated rings. The van der Waals surface area contributed by atoms with E-state index in [0.29, 0.717) is 17.7 Å². The Kier molecular flexibility index (Phi) is 7.57. The maximum Gasteiger partial charge on any atom is 0.251 e. The predicted molar refractivity (Wildman–Crippen MR) is 158 cm³/mol. The fourth-order valence-electron chi connectivity index (χ4n) is 5.80. The second kappa shape index (κ2) is 11.6. The quantitative estimate of drug-likeness (QED) is 0.345. The molecule has 0 bridgehead atoms. The van der Waals surface area contributed by atoms with E-state index in [-0.39, 0.29) is 11.4 Å². The molecular weight excluding hydrogens is 514 g/mol. The number of amides is 1. The fourth-order valence-corrected chi connectivity index (χ4v) is 5.80.